The van der Waals surface area contributed by atoms with Gasteiger partial charge in [-0.25, -0.2) is 8.42 Å². The van der Waals surface area contributed by atoms with Gasteiger partial charge in [0.25, 0.3) is 0 Å². The van der Waals surface area contributed by atoms with Crippen molar-refractivity contribution in [2.24, 2.45) is 0 Å². The summed E-state index contributed by atoms with van der Waals surface area (Å²) in [4.78, 5) is 15.1. The van der Waals surface area contributed by atoms with Crippen LogP contribution in [-0.2, 0) is 14.8 Å². The highest BCUT2D eigenvalue weighted by molar-refractivity contribution is 8.01. The molecule has 2 aliphatic rings. The molecular formula is C19H20ClN3O3S2. The number of carbonyl (C=O) groups is 1. The number of benzene rings is 2. The Morgan fingerprint density at radius 2 is 1.75 bits per heavy atom. The molecular weight excluding hydrogens is 418 g/mol. The maximum Gasteiger partial charge on any atom is 0.243 e. The minimum Gasteiger partial charge on any atom is -0.369 e. The van der Waals surface area contributed by atoms with Gasteiger partial charge in [-0.05, 0) is 49.4 Å². The van der Waals surface area contributed by atoms with E-state index < -0.39 is 10.0 Å². The van der Waals surface area contributed by atoms with Gasteiger partial charge in [0, 0.05) is 41.8 Å². The van der Waals surface area contributed by atoms with Crippen molar-refractivity contribution >= 4 is 50.7 Å². The van der Waals surface area contributed by atoms with Crippen molar-refractivity contribution < 1.29 is 13.2 Å². The standard InChI is InChI=1S/C19H20ClN3O3S2/c1-13-19(24)21-17-12-16(6-7-18(17)27-13)28(25,26)23-10-8-22(9-11-23)15-4-2-14(20)3-5-15/h2-7,12-13H,8-11H2,1H3,(H,21,24)/t13-/m1/s1. The number of nitrogens with zero attached hydrogens (tertiary/aromatic N) is 2. The molecule has 4 rings (SSSR count). The molecule has 2 aliphatic heterocycles. The minimum absolute atomic E-state index is 0.108. The Labute approximate surface area is 173 Å². The molecule has 1 atom stereocenters. The van der Waals surface area contributed by atoms with Crippen LogP contribution >= 0.6 is 23.4 Å². The van der Waals surface area contributed by atoms with E-state index >= 15 is 0 Å². The summed E-state index contributed by atoms with van der Waals surface area (Å²) in [5.41, 5.74) is 1.60. The van der Waals surface area contributed by atoms with E-state index in [0.717, 1.165) is 10.6 Å². The molecule has 28 heavy (non-hydrogen) atoms. The SMILES string of the molecule is C[C@H]1Sc2ccc(S(=O)(=O)N3CCN(c4ccc(Cl)cc4)CC3)cc2NC1=O. The van der Waals surface area contributed by atoms with E-state index in [0.29, 0.717) is 36.9 Å². The molecule has 0 spiro atoms. The lowest BCUT2D eigenvalue weighted by molar-refractivity contribution is -0.115. The fraction of sp³-hybridized carbons (Fsp3) is 0.316. The number of fused-ring (bicyclic) bond motifs is 1. The third-order valence-electron chi connectivity index (χ3n) is 4.95. The van der Waals surface area contributed by atoms with E-state index in [9.17, 15) is 13.2 Å². The third kappa shape index (κ3) is 3.74. The molecule has 0 aromatic heterocycles. The summed E-state index contributed by atoms with van der Waals surface area (Å²) in [6.07, 6.45) is 0. The number of hydrogen-bond acceptors (Lipinski definition) is 5. The van der Waals surface area contributed by atoms with Crippen LogP contribution in [0.1, 0.15) is 6.92 Å². The molecule has 2 aromatic rings. The molecule has 1 N–H and O–H groups in total. The number of sulfonamides is 1. The van der Waals surface area contributed by atoms with Gasteiger partial charge >= 0.3 is 0 Å². The van der Waals surface area contributed by atoms with Gasteiger partial charge in [0.05, 0.1) is 15.8 Å². The highest BCUT2D eigenvalue weighted by Crippen LogP contribution is 2.37. The molecule has 6 nitrogen and oxygen atoms in total. The Bertz CT molecular complexity index is 1000. The number of amides is 1. The highest BCUT2D eigenvalue weighted by atomic mass is 35.5. The van der Waals surface area contributed by atoms with Gasteiger partial charge in [-0.2, -0.15) is 4.31 Å². The van der Waals surface area contributed by atoms with Crippen LogP contribution in [0.25, 0.3) is 0 Å². The van der Waals surface area contributed by atoms with Crippen LogP contribution in [0.4, 0.5) is 11.4 Å². The quantitative estimate of drug-likeness (QED) is 0.797. The zero-order valence-corrected chi connectivity index (χ0v) is 17.6. The first-order valence-electron chi connectivity index (χ1n) is 8.97. The molecule has 148 valence electrons. The predicted molar refractivity (Wildman–Crippen MR) is 113 cm³/mol. The number of carbonyl (C=O) groups excluding carboxylic acids is 1. The first-order chi connectivity index (χ1) is 13.3. The molecule has 0 saturated carbocycles. The fourth-order valence-electron chi connectivity index (χ4n) is 3.34. The molecule has 0 radical (unpaired) electrons. The smallest absolute Gasteiger partial charge is 0.243 e. The summed E-state index contributed by atoms with van der Waals surface area (Å²) in [6, 6.07) is 12.5. The molecule has 0 aliphatic carbocycles. The molecule has 0 unspecified atom stereocenters. The van der Waals surface area contributed by atoms with Gasteiger partial charge in [0.2, 0.25) is 15.9 Å². The molecule has 0 bridgehead atoms. The lowest BCUT2D eigenvalue weighted by atomic mass is 10.2. The average molecular weight is 438 g/mol. The first kappa shape index (κ1) is 19.6. The number of anilines is 2. The summed E-state index contributed by atoms with van der Waals surface area (Å²) in [5, 5.41) is 3.29. The molecule has 9 heteroatoms. The van der Waals surface area contributed by atoms with Gasteiger partial charge < -0.3 is 10.2 Å². The van der Waals surface area contributed by atoms with Crippen LogP contribution in [0.2, 0.25) is 5.02 Å². The zero-order valence-electron chi connectivity index (χ0n) is 15.3. The van der Waals surface area contributed by atoms with E-state index in [4.69, 9.17) is 11.6 Å². The molecule has 1 fully saturated rings. The van der Waals surface area contributed by atoms with Crippen molar-refractivity contribution in [3.8, 4) is 0 Å². The minimum atomic E-state index is -3.61. The van der Waals surface area contributed by atoms with E-state index in [1.807, 2.05) is 31.2 Å². The second kappa shape index (κ2) is 7.59. The van der Waals surface area contributed by atoms with E-state index in [1.165, 1.54) is 16.1 Å². The van der Waals surface area contributed by atoms with E-state index in [1.54, 1.807) is 18.2 Å². The van der Waals surface area contributed by atoms with Crippen molar-refractivity contribution in [3.05, 3.63) is 47.5 Å². The Morgan fingerprint density at radius 1 is 1.07 bits per heavy atom. The highest BCUT2D eigenvalue weighted by Gasteiger charge is 2.30. The Morgan fingerprint density at radius 3 is 2.43 bits per heavy atom. The number of nitrogens with one attached hydrogen (secondary N) is 1. The van der Waals surface area contributed by atoms with Crippen LogP contribution in [0.15, 0.2) is 52.3 Å². The number of piperazine rings is 1. The van der Waals surface area contributed by atoms with Crippen LogP contribution in [0.5, 0.6) is 0 Å². The van der Waals surface area contributed by atoms with Crippen molar-refractivity contribution in [1.82, 2.24) is 4.31 Å². The number of thioether (sulfide) groups is 1. The third-order valence-corrected chi connectivity index (χ3v) is 8.27. The van der Waals surface area contributed by atoms with Crippen LogP contribution in [0, 0.1) is 0 Å². The summed E-state index contributed by atoms with van der Waals surface area (Å²) >= 11 is 7.37. The topological polar surface area (TPSA) is 69.7 Å². The average Bonchev–Trinajstić information content (AvgIpc) is 2.69. The first-order valence-corrected chi connectivity index (χ1v) is 11.7. The summed E-state index contributed by atoms with van der Waals surface area (Å²) in [5.74, 6) is -0.108. The van der Waals surface area contributed by atoms with Crippen LogP contribution in [-0.4, -0.2) is 50.1 Å². The second-order valence-electron chi connectivity index (χ2n) is 6.77. The maximum absolute atomic E-state index is 13.1. The Balaban J connectivity index is 1.50. The lowest BCUT2D eigenvalue weighted by Gasteiger charge is -2.35. The molecule has 2 aromatic carbocycles. The van der Waals surface area contributed by atoms with Gasteiger partial charge in [0.15, 0.2) is 0 Å². The van der Waals surface area contributed by atoms with Gasteiger partial charge in [-0.1, -0.05) is 11.6 Å². The number of halogens is 1. The summed E-state index contributed by atoms with van der Waals surface area (Å²) < 4.78 is 27.7. The van der Waals surface area contributed by atoms with Gasteiger partial charge in [-0.3, -0.25) is 4.79 Å². The Kier molecular flexibility index (Phi) is 5.30. The summed E-state index contributed by atoms with van der Waals surface area (Å²) in [7, 11) is -3.61. The fourth-order valence-corrected chi connectivity index (χ4v) is 5.84. The molecule has 2 heterocycles. The van der Waals surface area contributed by atoms with E-state index in [-0.39, 0.29) is 16.1 Å². The number of rotatable bonds is 3. The van der Waals surface area contributed by atoms with Crippen molar-refractivity contribution in [1.29, 1.82) is 0 Å². The zero-order chi connectivity index (χ0) is 19.9. The van der Waals surface area contributed by atoms with Crippen LogP contribution < -0.4 is 10.2 Å². The number of hydrogen-bond donors (Lipinski definition) is 1. The van der Waals surface area contributed by atoms with E-state index in [2.05, 4.69) is 10.2 Å². The predicted octanol–water partition coefficient (Wildman–Crippen LogP) is 3.28. The normalized spacial score (nSPS) is 20.6. The van der Waals surface area contributed by atoms with Crippen LogP contribution in [0.3, 0.4) is 0 Å². The monoisotopic (exact) mass is 437 g/mol. The van der Waals surface area contributed by atoms with Crippen molar-refractivity contribution in [2.45, 2.75) is 22.0 Å². The van der Waals surface area contributed by atoms with Crippen molar-refractivity contribution in [2.75, 3.05) is 36.4 Å². The molecule has 1 amide bonds. The second-order valence-corrected chi connectivity index (χ2v) is 10.5. The van der Waals surface area contributed by atoms with Gasteiger partial charge in [-0.15, -0.1) is 11.8 Å². The van der Waals surface area contributed by atoms with Gasteiger partial charge in [0.1, 0.15) is 0 Å². The van der Waals surface area contributed by atoms with Crippen molar-refractivity contribution in [3.63, 3.8) is 0 Å². The maximum atomic E-state index is 13.1. The summed E-state index contributed by atoms with van der Waals surface area (Å²) in [6.45, 7) is 3.85. The molecule has 1 saturated heterocycles. The largest absolute Gasteiger partial charge is 0.369 e. The lowest BCUT2D eigenvalue weighted by Crippen LogP contribution is -2.48. The Hall–Kier alpha value is -1.74.